The number of fused-ring (bicyclic) bond motifs is 1. The highest BCUT2D eigenvalue weighted by atomic mass is 35.5. The van der Waals surface area contributed by atoms with Gasteiger partial charge in [0.05, 0.1) is 11.2 Å². The molecule has 6 heteroatoms. The van der Waals surface area contributed by atoms with Gasteiger partial charge in [0, 0.05) is 53.2 Å². The minimum absolute atomic E-state index is 0.363. The van der Waals surface area contributed by atoms with Gasteiger partial charge in [-0.25, -0.2) is 0 Å². The van der Waals surface area contributed by atoms with E-state index < -0.39 is 0 Å². The van der Waals surface area contributed by atoms with Crippen molar-refractivity contribution in [3.63, 3.8) is 0 Å². The SMILES string of the molecule is CCN(CC)Cc1cc(Nc2ccnc3cc(Cl)ccc23)cc(N(CC)CC)c1O. The Balaban J connectivity index is 2.06. The fraction of sp³-hybridized carbons (Fsp3) is 0.375. The van der Waals surface area contributed by atoms with Crippen molar-refractivity contribution in [2.75, 3.05) is 36.4 Å². The third-order valence-corrected chi connectivity index (χ3v) is 5.78. The molecule has 0 aliphatic rings. The molecular formula is C24H31ClN4O. The number of phenols is 1. The molecule has 3 aromatic rings. The number of rotatable bonds is 9. The Morgan fingerprint density at radius 3 is 2.37 bits per heavy atom. The van der Waals surface area contributed by atoms with Crippen molar-refractivity contribution < 1.29 is 5.11 Å². The number of benzene rings is 2. The van der Waals surface area contributed by atoms with Gasteiger partial charge in [0.1, 0.15) is 5.75 Å². The number of nitrogens with one attached hydrogen (secondary N) is 1. The number of phenolic OH excluding ortho intramolecular Hbond substituents is 1. The number of hydrogen-bond donors (Lipinski definition) is 2. The van der Waals surface area contributed by atoms with Gasteiger partial charge >= 0.3 is 0 Å². The molecule has 160 valence electrons. The summed E-state index contributed by atoms with van der Waals surface area (Å²) in [7, 11) is 0. The molecule has 0 amide bonds. The second-order valence-corrected chi connectivity index (χ2v) is 7.72. The molecule has 1 heterocycles. The summed E-state index contributed by atoms with van der Waals surface area (Å²) in [5.41, 5.74) is 4.53. The Kier molecular flexibility index (Phi) is 7.40. The van der Waals surface area contributed by atoms with Gasteiger partial charge in [-0.2, -0.15) is 0 Å². The largest absolute Gasteiger partial charge is 0.505 e. The van der Waals surface area contributed by atoms with Crippen LogP contribution in [0.3, 0.4) is 0 Å². The first-order chi connectivity index (χ1) is 14.5. The van der Waals surface area contributed by atoms with E-state index in [1.165, 1.54) is 0 Å². The molecule has 0 aliphatic heterocycles. The first-order valence-corrected chi connectivity index (χ1v) is 11.0. The molecule has 0 atom stereocenters. The van der Waals surface area contributed by atoms with Crippen LogP contribution in [0.15, 0.2) is 42.6 Å². The summed E-state index contributed by atoms with van der Waals surface area (Å²) in [5.74, 6) is 0.363. The van der Waals surface area contributed by atoms with Crippen LogP contribution in [0.25, 0.3) is 10.9 Å². The lowest BCUT2D eigenvalue weighted by Crippen LogP contribution is -2.24. The normalized spacial score (nSPS) is 11.3. The van der Waals surface area contributed by atoms with Gasteiger partial charge in [-0.1, -0.05) is 25.4 Å². The lowest BCUT2D eigenvalue weighted by molar-refractivity contribution is 0.291. The van der Waals surface area contributed by atoms with Crippen LogP contribution in [0, 0.1) is 0 Å². The van der Waals surface area contributed by atoms with Crippen LogP contribution < -0.4 is 10.2 Å². The Morgan fingerprint density at radius 2 is 1.70 bits per heavy atom. The van der Waals surface area contributed by atoms with Crippen molar-refractivity contribution in [2.24, 2.45) is 0 Å². The highest BCUT2D eigenvalue weighted by Crippen LogP contribution is 2.37. The molecule has 1 aromatic heterocycles. The summed E-state index contributed by atoms with van der Waals surface area (Å²) in [6, 6.07) is 11.8. The van der Waals surface area contributed by atoms with Gasteiger partial charge in [-0.3, -0.25) is 9.88 Å². The van der Waals surface area contributed by atoms with E-state index >= 15 is 0 Å². The highest BCUT2D eigenvalue weighted by Gasteiger charge is 2.16. The number of hydrogen-bond acceptors (Lipinski definition) is 5. The third kappa shape index (κ3) is 4.79. The molecule has 0 saturated carbocycles. The number of halogens is 1. The van der Waals surface area contributed by atoms with Crippen LogP contribution in [-0.4, -0.2) is 41.2 Å². The van der Waals surface area contributed by atoms with E-state index in [1.807, 2.05) is 36.4 Å². The molecule has 0 unspecified atom stereocenters. The summed E-state index contributed by atoms with van der Waals surface area (Å²) in [6.07, 6.45) is 1.78. The van der Waals surface area contributed by atoms with E-state index in [4.69, 9.17) is 11.6 Å². The second kappa shape index (κ2) is 10.0. The van der Waals surface area contributed by atoms with Gasteiger partial charge in [-0.15, -0.1) is 0 Å². The average Bonchev–Trinajstić information content (AvgIpc) is 2.75. The molecule has 0 radical (unpaired) electrons. The van der Waals surface area contributed by atoms with E-state index in [1.54, 1.807) is 6.20 Å². The standard InChI is InChI=1S/C24H31ClN4O/c1-5-28(6-2)16-17-13-19(15-23(24(17)30)29(7-3)8-4)27-21-11-12-26-22-14-18(25)9-10-20(21)22/h9-15,30H,5-8,16H2,1-4H3,(H,26,27). The van der Waals surface area contributed by atoms with E-state index in [0.29, 0.717) is 17.3 Å². The van der Waals surface area contributed by atoms with E-state index in [9.17, 15) is 5.11 Å². The Hall–Kier alpha value is -2.50. The van der Waals surface area contributed by atoms with Crippen LogP contribution in [-0.2, 0) is 6.54 Å². The summed E-state index contributed by atoms with van der Waals surface area (Å²) >= 11 is 6.13. The maximum Gasteiger partial charge on any atom is 0.143 e. The fourth-order valence-corrected chi connectivity index (χ4v) is 3.92. The smallest absolute Gasteiger partial charge is 0.143 e. The van der Waals surface area contributed by atoms with Crippen LogP contribution in [0.1, 0.15) is 33.3 Å². The van der Waals surface area contributed by atoms with Gasteiger partial charge in [-0.05, 0) is 63.3 Å². The van der Waals surface area contributed by atoms with Crippen LogP contribution in [0.5, 0.6) is 5.75 Å². The zero-order chi connectivity index (χ0) is 21.7. The molecule has 2 N–H and O–H groups in total. The monoisotopic (exact) mass is 426 g/mol. The van der Waals surface area contributed by atoms with Crippen molar-refractivity contribution in [3.8, 4) is 5.75 Å². The summed E-state index contributed by atoms with van der Waals surface area (Å²) < 4.78 is 0. The summed E-state index contributed by atoms with van der Waals surface area (Å²) in [4.78, 5) is 8.91. The molecule has 0 fully saturated rings. The molecule has 30 heavy (non-hydrogen) atoms. The maximum absolute atomic E-state index is 11.0. The minimum Gasteiger partial charge on any atom is -0.505 e. The molecule has 2 aromatic carbocycles. The van der Waals surface area contributed by atoms with Crippen molar-refractivity contribution >= 4 is 39.6 Å². The van der Waals surface area contributed by atoms with Gasteiger partial charge in [0.2, 0.25) is 0 Å². The fourth-order valence-electron chi connectivity index (χ4n) is 3.75. The number of anilines is 3. The van der Waals surface area contributed by atoms with Gasteiger partial charge in [0.25, 0.3) is 0 Å². The Labute approximate surface area is 184 Å². The summed E-state index contributed by atoms with van der Waals surface area (Å²) in [6.45, 7) is 12.7. The zero-order valence-electron chi connectivity index (χ0n) is 18.2. The van der Waals surface area contributed by atoms with E-state index in [2.05, 4.69) is 47.8 Å². The molecule has 0 spiro atoms. The van der Waals surface area contributed by atoms with E-state index in [-0.39, 0.29) is 0 Å². The Morgan fingerprint density at radius 1 is 0.967 bits per heavy atom. The summed E-state index contributed by atoms with van der Waals surface area (Å²) in [5, 5.41) is 16.3. The highest BCUT2D eigenvalue weighted by molar-refractivity contribution is 6.31. The van der Waals surface area contributed by atoms with Crippen LogP contribution in [0.2, 0.25) is 5.02 Å². The molecule has 0 bridgehead atoms. The molecule has 0 saturated heterocycles. The van der Waals surface area contributed by atoms with Crippen molar-refractivity contribution in [1.29, 1.82) is 0 Å². The topological polar surface area (TPSA) is 51.6 Å². The van der Waals surface area contributed by atoms with E-state index in [0.717, 1.165) is 59.7 Å². The second-order valence-electron chi connectivity index (χ2n) is 7.28. The van der Waals surface area contributed by atoms with Crippen molar-refractivity contribution in [2.45, 2.75) is 34.2 Å². The number of pyridine rings is 1. The van der Waals surface area contributed by atoms with Gasteiger partial charge in [0.15, 0.2) is 0 Å². The van der Waals surface area contributed by atoms with Crippen LogP contribution in [0.4, 0.5) is 17.1 Å². The third-order valence-electron chi connectivity index (χ3n) is 5.55. The number of aromatic nitrogens is 1. The first-order valence-electron chi connectivity index (χ1n) is 10.6. The maximum atomic E-state index is 11.0. The number of aromatic hydroxyl groups is 1. The quantitative estimate of drug-likeness (QED) is 0.409. The molecule has 3 rings (SSSR count). The first kappa shape index (κ1) is 22.2. The lowest BCUT2D eigenvalue weighted by Gasteiger charge is -2.26. The van der Waals surface area contributed by atoms with Crippen molar-refractivity contribution in [1.82, 2.24) is 9.88 Å². The minimum atomic E-state index is 0.363. The molecular weight excluding hydrogens is 396 g/mol. The Bertz CT molecular complexity index is 1000. The molecule has 5 nitrogen and oxygen atoms in total. The predicted octanol–water partition coefficient (Wildman–Crippen LogP) is 6.03. The zero-order valence-corrected chi connectivity index (χ0v) is 19.0. The van der Waals surface area contributed by atoms with Crippen molar-refractivity contribution in [3.05, 3.63) is 53.2 Å². The van der Waals surface area contributed by atoms with Crippen LogP contribution >= 0.6 is 11.6 Å². The average molecular weight is 427 g/mol. The van der Waals surface area contributed by atoms with Gasteiger partial charge < -0.3 is 15.3 Å². The molecule has 0 aliphatic carbocycles. The lowest BCUT2D eigenvalue weighted by atomic mass is 10.1. The number of nitrogens with zero attached hydrogens (tertiary/aromatic N) is 3. The predicted molar refractivity (Wildman–Crippen MR) is 128 cm³/mol.